The lowest BCUT2D eigenvalue weighted by Crippen LogP contribution is -2.09. The largest absolute Gasteiger partial charge is 0.377 e. The van der Waals surface area contributed by atoms with Crippen LogP contribution >= 0.6 is 0 Å². The Kier molecular flexibility index (Phi) is 1.89. The Morgan fingerprint density at radius 2 is 2.00 bits per heavy atom. The molecule has 1 aromatic heterocycles. The highest BCUT2D eigenvalue weighted by atomic mass is 15.1. The Morgan fingerprint density at radius 3 is 2.77 bits per heavy atom. The fourth-order valence-corrected chi connectivity index (χ4v) is 1.40. The second-order valence-electron chi connectivity index (χ2n) is 3.18. The van der Waals surface area contributed by atoms with Crippen molar-refractivity contribution < 1.29 is 0 Å². The highest BCUT2D eigenvalue weighted by Gasteiger charge is 2.01. The van der Waals surface area contributed by atoms with E-state index in [0.29, 0.717) is 0 Å². The quantitative estimate of drug-likeness (QED) is 0.653. The third kappa shape index (κ3) is 1.35. The Morgan fingerprint density at radius 1 is 1.23 bits per heavy atom. The minimum absolute atomic E-state index is 0.994. The van der Waals surface area contributed by atoms with Crippen LogP contribution in [0.2, 0.25) is 0 Å². The average molecular weight is 171 g/mol. The second-order valence-corrected chi connectivity index (χ2v) is 3.18. The highest BCUT2D eigenvalue weighted by molar-refractivity contribution is 5.91. The molecule has 2 nitrogen and oxygen atoms in total. The van der Waals surface area contributed by atoms with Gasteiger partial charge >= 0.3 is 0 Å². The summed E-state index contributed by atoms with van der Waals surface area (Å²) in [5.74, 6) is 0. The summed E-state index contributed by atoms with van der Waals surface area (Å²) in [6.45, 7) is 0. The van der Waals surface area contributed by atoms with Gasteiger partial charge in [0, 0.05) is 25.2 Å². The summed E-state index contributed by atoms with van der Waals surface area (Å²) >= 11 is 0. The van der Waals surface area contributed by atoms with Crippen LogP contribution in [0, 0.1) is 6.20 Å². The van der Waals surface area contributed by atoms with Crippen molar-refractivity contribution in [2.45, 2.75) is 0 Å². The molecule has 0 saturated heterocycles. The molecular formula is C11H11N2. The maximum Gasteiger partial charge on any atom is 0.0915 e. The molecule has 0 spiro atoms. The Hall–Kier alpha value is -1.57. The first-order chi connectivity index (χ1) is 6.29. The van der Waals surface area contributed by atoms with Gasteiger partial charge in [-0.3, -0.25) is 0 Å². The van der Waals surface area contributed by atoms with E-state index < -0.39 is 0 Å². The van der Waals surface area contributed by atoms with E-state index in [9.17, 15) is 0 Å². The molecule has 65 valence electrons. The van der Waals surface area contributed by atoms with Crippen LogP contribution in [0.5, 0.6) is 0 Å². The van der Waals surface area contributed by atoms with E-state index in [1.807, 2.05) is 38.4 Å². The van der Waals surface area contributed by atoms with Crippen LogP contribution in [0.3, 0.4) is 0 Å². The fraction of sp³-hybridized carbons (Fsp3) is 0.182. The molecule has 0 aliphatic rings. The maximum atomic E-state index is 4.17. The number of anilines is 1. The molecule has 0 unspecified atom stereocenters. The number of pyridine rings is 1. The van der Waals surface area contributed by atoms with Crippen LogP contribution in [0.15, 0.2) is 30.3 Å². The number of nitrogens with zero attached hydrogens (tertiary/aromatic N) is 2. The van der Waals surface area contributed by atoms with Gasteiger partial charge in [0.05, 0.1) is 11.7 Å². The summed E-state index contributed by atoms with van der Waals surface area (Å²) in [6.07, 6.45) is 2.89. The van der Waals surface area contributed by atoms with Crippen LogP contribution < -0.4 is 4.90 Å². The molecule has 0 aliphatic carbocycles. The third-order valence-corrected chi connectivity index (χ3v) is 2.05. The molecule has 1 radical (unpaired) electrons. The average Bonchev–Trinajstić information content (AvgIpc) is 2.17. The van der Waals surface area contributed by atoms with E-state index in [0.717, 1.165) is 11.2 Å². The number of hydrogen-bond donors (Lipinski definition) is 0. The van der Waals surface area contributed by atoms with Crippen molar-refractivity contribution in [2.24, 2.45) is 0 Å². The molecule has 0 N–H and O–H groups in total. The van der Waals surface area contributed by atoms with Crippen LogP contribution in [-0.2, 0) is 0 Å². The summed E-state index contributed by atoms with van der Waals surface area (Å²) < 4.78 is 0. The van der Waals surface area contributed by atoms with E-state index in [-0.39, 0.29) is 0 Å². The SMILES string of the molecule is CN(C)c1c[c]nc2ccccc12. The number of para-hydroxylation sites is 1. The van der Waals surface area contributed by atoms with E-state index in [4.69, 9.17) is 0 Å². The van der Waals surface area contributed by atoms with Gasteiger partial charge in [0.25, 0.3) is 0 Å². The summed E-state index contributed by atoms with van der Waals surface area (Å²) in [6, 6.07) is 9.99. The molecule has 2 rings (SSSR count). The standard InChI is InChI=1S/C11H11N2/c1-13(2)11-7-8-12-10-6-4-3-5-9(10)11/h3-7H,1-2H3. The summed E-state index contributed by atoms with van der Waals surface area (Å²) in [4.78, 5) is 6.24. The van der Waals surface area contributed by atoms with Crippen molar-refractivity contribution in [3.05, 3.63) is 36.5 Å². The molecule has 1 aromatic carbocycles. The third-order valence-electron chi connectivity index (χ3n) is 2.05. The van der Waals surface area contributed by atoms with Gasteiger partial charge in [-0.05, 0) is 12.1 Å². The minimum atomic E-state index is 0.994. The Balaban J connectivity index is 2.76. The number of fused-ring (bicyclic) bond motifs is 1. The summed E-state index contributed by atoms with van der Waals surface area (Å²) in [5.41, 5.74) is 2.15. The van der Waals surface area contributed by atoms with Crippen molar-refractivity contribution in [3.8, 4) is 0 Å². The first kappa shape index (κ1) is 8.05. The smallest absolute Gasteiger partial charge is 0.0915 e. The van der Waals surface area contributed by atoms with E-state index in [1.165, 1.54) is 5.39 Å². The van der Waals surface area contributed by atoms with Gasteiger partial charge in [0.2, 0.25) is 0 Å². The molecular weight excluding hydrogens is 160 g/mol. The van der Waals surface area contributed by atoms with Gasteiger partial charge in [-0.2, -0.15) is 0 Å². The van der Waals surface area contributed by atoms with Crippen LogP contribution in [0.4, 0.5) is 5.69 Å². The molecule has 1 heterocycles. The van der Waals surface area contributed by atoms with Gasteiger partial charge < -0.3 is 4.90 Å². The van der Waals surface area contributed by atoms with E-state index in [2.05, 4.69) is 22.1 Å². The van der Waals surface area contributed by atoms with Crippen LogP contribution in [0.1, 0.15) is 0 Å². The van der Waals surface area contributed by atoms with Gasteiger partial charge in [0.15, 0.2) is 0 Å². The molecule has 0 amide bonds. The zero-order valence-electron chi connectivity index (χ0n) is 7.78. The minimum Gasteiger partial charge on any atom is -0.377 e. The zero-order valence-corrected chi connectivity index (χ0v) is 7.78. The zero-order chi connectivity index (χ0) is 9.26. The Bertz CT molecular complexity index is 416. The first-order valence-corrected chi connectivity index (χ1v) is 4.22. The van der Waals surface area contributed by atoms with Crippen molar-refractivity contribution in [1.29, 1.82) is 0 Å². The monoisotopic (exact) mass is 171 g/mol. The first-order valence-electron chi connectivity index (χ1n) is 4.22. The van der Waals surface area contributed by atoms with Gasteiger partial charge in [-0.1, -0.05) is 18.2 Å². The van der Waals surface area contributed by atoms with Gasteiger partial charge in [-0.15, -0.1) is 0 Å². The highest BCUT2D eigenvalue weighted by Crippen LogP contribution is 2.22. The second kappa shape index (κ2) is 3.05. The molecule has 0 bridgehead atoms. The van der Waals surface area contributed by atoms with E-state index in [1.54, 1.807) is 0 Å². The van der Waals surface area contributed by atoms with Crippen LogP contribution in [-0.4, -0.2) is 19.1 Å². The topological polar surface area (TPSA) is 16.1 Å². The summed E-state index contributed by atoms with van der Waals surface area (Å²) in [5, 5.41) is 1.17. The van der Waals surface area contributed by atoms with Crippen LogP contribution in [0.25, 0.3) is 10.9 Å². The van der Waals surface area contributed by atoms with Gasteiger partial charge in [-0.25, -0.2) is 4.98 Å². The number of hydrogen-bond acceptors (Lipinski definition) is 2. The van der Waals surface area contributed by atoms with Crippen molar-refractivity contribution in [3.63, 3.8) is 0 Å². The Labute approximate surface area is 77.8 Å². The van der Waals surface area contributed by atoms with Gasteiger partial charge in [0.1, 0.15) is 0 Å². The number of rotatable bonds is 1. The van der Waals surface area contributed by atoms with Crippen molar-refractivity contribution >= 4 is 16.6 Å². The normalized spacial score (nSPS) is 10.3. The number of benzene rings is 1. The van der Waals surface area contributed by atoms with E-state index >= 15 is 0 Å². The fourth-order valence-electron chi connectivity index (χ4n) is 1.40. The summed E-state index contributed by atoms with van der Waals surface area (Å²) in [7, 11) is 4.05. The molecule has 0 fully saturated rings. The predicted octanol–water partition coefficient (Wildman–Crippen LogP) is 2.10. The predicted molar refractivity (Wildman–Crippen MR) is 54.9 cm³/mol. The lowest BCUT2D eigenvalue weighted by atomic mass is 10.2. The lowest BCUT2D eigenvalue weighted by molar-refractivity contribution is 1.14. The van der Waals surface area contributed by atoms with Crippen molar-refractivity contribution in [2.75, 3.05) is 19.0 Å². The molecule has 0 saturated carbocycles. The lowest BCUT2D eigenvalue weighted by Gasteiger charge is -2.14. The maximum absolute atomic E-state index is 4.17. The molecule has 2 heteroatoms. The van der Waals surface area contributed by atoms with Crippen molar-refractivity contribution in [1.82, 2.24) is 4.98 Å². The molecule has 0 aliphatic heterocycles. The number of aromatic nitrogens is 1. The molecule has 13 heavy (non-hydrogen) atoms. The molecule has 0 atom stereocenters. The molecule has 2 aromatic rings.